The number of aryl methyl sites for hydroxylation is 1. The van der Waals surface area contributed by atoms with Crippen LogP contribution in [0.1, 0.15) is 16.7 Å². The summed E-state index contributed by atoms with van der Waals surface area (Å²) < 4.78 is 35.6. The Morgan fingerprint density at radius 3 is 2.38 bits per heavy atom. The summed E-state index contributed by atoms with van der Waals surface area (Å²) in [7, 11) is -2.15. The molecule has 1 N–H and O–H groups in total. The fourth-order valence-electron chi connectivity index (χ4n) is 2.55. The standard InChI is InChI=1S/C22H22N2O4S/c1-17-8-10-18(11-9-17)16-28-21-13-12-19(14-22(21)27-2)15-23-24-29(25,26)20-6-4-3-5-7-20/h3-15,24H,16H2,1-2H3/b23-15+. The van der Waals surface area contributed by atoms with Crippen molar-refractivity contribution in [3.63, 3.8) is 0 Å². The second kappa shape index (κ2) is 9.25. The average Bonchev–Trinajstić information content (AvgIpc) is 2.74. The van der Waals surface area contributed by atoms with Gasteiger partial charge < -0.3 is 9.47 Å². The van der Waals surface area contributed by atoms with E-state index >= 15 is 0 Å². The van der Waals surface area contributed by atoms with Crippen LogP contribution in [0.25, 0.3) is 0 Å². The number of benzene rings is 3. The van der Waals surface area contributed by atoms with Crippen LogP contribution in [-0.2, 0) is 16.6 Å². The van der Waals surface area contributed by atoms with E-state index in [9.17, 15) is 8.42 Å². The molecule has 0 amide bonds. The lowest BCUT2D eigenvalue weighted by Gasteiger charge is -2.11. The predicted octanol–water partition coefficient (Wildman–Crippen LogP) is 3.90. The van der Waals surface area contributed by atoms with Crippen molar-refractivity contribution in [2.24, 2.45) is 5.10 Å². The molecule has 0 aromatic heterocycles. The van der Waals surface area contributed by atoms with Gasteiger partial charge in [-0.3, -0.25) is 0 Å². The predicted molar refractivity (Wildman–Crippen MR) is 113 cm³/mol. The highest BCUT2D eigenvalue weighted by Crippen LogP contribution is 2.28. The third-order valence-electron chi connectivity index (χ3n) is 4.14. The van der Waals surface area contributed by atoms with Crippen LogP contribution in [0.2, 0.25) is 0 Å². The Morgan fingerprint density at radius 1 is 0.966 bits per heavy atom. The number of methoxy groups -OCH3 is 1. The summed E-state index contributed by atoms with van der Waals surface area (Å²) in [6.45, 7) is 2.45. The van der Waals surface area contributed by atoms with Gasteiger partial charge in [-0.2, -0.15) is 13.5 Å². The minimum atomic E-state index is -3.70. The Bertz CT molecular complexity index is 1080. The van der Waals surface area contributed by atoms with Gasteiger partial charge in [0.1, 0.15) is 6.61 Å². The van der Waals surface area contributed by atoms with Crippen LogP contribution in [0.4, 0.5) is 0 Å². The van der Waals surface area contributed by atoms with Crippen molar-refractivity contribution in [1.29, 1.82) is 0 Å². The number of sulfonamides is 1. The topological polar surface area (TPSA) is 77.0 Å². The van der Waals surface area contributed by atoms with Gasteiger partial charge in [-0.15, -0.1) is 0 Å². The Hall–Kier alpha value is -3.32. The lowest BCUT2D eigenvalue weighted by Crippen LogP contribution is -2.18. The second-order valence-electron chi connectivity index (χ2n) is 6.35. The zero-order valence-corrected chi connectivity index (χ0v) is 17.0. The van der Waals surface area contributed by atoms with E-state index < -0.39 is 10.0 Å². The minimum Gasteiger partial charge on any atom is -0.493 e. The molecule has 0 aliphatic carbocycles. The molecule has 3 aromatic rings. The van der Waals surface area contributed by atoms with Gasteiger partial charge in [-0.05, 0) is 48.4 Å². The summed E-state index contributed by atoms with van der Waals surface area (Å²) in [5.74, 6) is 1.13. The molecule has 150 valence electrons. The van der Waals surface area contributed by atoms with Gasteiger partial charge in [-0.25, -0.2) is 4.83 Å². The van der Waals surface area contributed by atoms with E-state index in [1.165, 1.54) is 23.9 Å². The minimum absolute atomic E-state index is 0.148. The van der Waals surface area contributed by atoms with Crippen molar-refractivity contribution < 1.29 is 17.9 Å². The highest BCUT2D eigenvalue weighted by atomic mass is 32.2. The van der Waals surface area contributed by atoms with Gasteiger partial charge in [0, 0.05) is 0 Å². The molecule has 3 aromatic carbocycles. The normalized spacial score (nSPS) is 11.4. The Kier molecular flexibility index (Phi) is 6.51. The van der Waals surface area contributed by atoms with Crippen molar-refractivity contribution in [3.05, 3.63) is 89.5 Å². The van der Waals surface area contributed by atoms with Crippen LogP contribution in [0, 0.1) is 6.92 Å². The monoisotopic (exact) mass is 410 g/mol. The molecule has 29 heavy (non-hydrogen) atoms. The van der Waals surface area contributed by atoms with E-state index in [0.717, 1.165) is 5.56 Å². The highest BCUT2D eigenvalue weighted by molar-refractivity contribution is 7.89. The van der Waals surface area contributed by atoms with Crippen LogP contribution in [-0.4, -0.2) is 21.7 Å². The van der Waals surface area contributed by atoms with Crippen LogP contribution in [0.5, 0.6) is 11.5 Å². The zero-order valence-electron chi connectivity index (χ0n) is 16.2. The molecule has 0 saturated heterocycles. The molecule has 0 aliphatic rings. The van der Waals surface area contributed by atoms with Gasteiger partial charge in [0.2, 0.25) is 0 Å². The van der Waals surface area contributed by atoms with E-state index in [1.54, 1.807) is 43.5 Å². The van der Waals surface area contributed by atoms with Crippen molar-refractivity contribution >= 4 is 16.2 Å². The summed E-state index contributed by atoms with van der Waals surface area (Å²) in [5, 5.41) is 3.84. The summed E-state index contributed by atoms with van der Waals surface area (Å²) in [5.41, 5.74) is 2.91. The number of rotatable bonds is 8. The Balaban J connectivity index is 1.66. The first-order valence-electron chi connectivity index (χ1n) is 8.94. The number of hydrogen-bond acceptors (Lipinski definition) is 5. The highest BCUT2D eigenvalue weighted by Gasteiger charge is 2.11. The van der Waals surface area contributed by atoms with Crippen molar-refractivity contribution in [1.82, 2.24) is 4.83 Å². The van der Waals surface area contributed by atoms with Gasteiger partial charge in [0.05, 0.1) is 18.2 Å². The molecule has 0 radical (unpaired) electrons. The van der Waals surface area contributed by atoms with E-state index in [2.05, 4.69) is 9.93 Å². The molecule has 0 atom stereocenters. The molecule has 0 aliphatic heterocycles. The lowest BCUT2D eigenvalue weighted by atomic mass is 10.2. The number of hydrogen-bond donors (Lipinski definition) is 1. The maximum Gasteiger partial charge on any atom is 0.276 e. The molecular formula is C22H22N2O4S. The molecule has 0 unspecified atom stereocenters. The van der Waals surface area contributed by atoms with Crippen molar-refractivity contribution in [2.75, 3.05) is 7.11 Å². The van der Waals surface area contributed by atoms with E-state index in [1.807, 2.05) is 31.2 Å². The van der Waals surface area contributed by atoms with Gasteiger partial charge in [0.25, 0.3) is 10.0 Å². The molecule has 7 heteroatoms. The number of ether oxygens (including phenoxy) is 2. The average molecular weight is 410 g/mol. The van der Waals surface area contributed by atoms with Gasteiger partial charge in [-0.1, -0.05) is 48.0 Å². The first-order chi connectivity index (χ1) is 14.0. The molecule has 0 spiro atoms. The molecular weight excluding hydrogens is 388 g/mol. The molecule has 0 fully saturated rings. The Morgan fingerprint density at radius 2 is 1.69 bits per heavy atom. The summed E-state index contributed by atoms with van der Waals surface area (Å²) in [6, 6.07) is 21.4. The van der Waals surface area contributed by atoms with Crippen molar-refractivity contribution in [2.45, 2.75) is 18.4 Å². The van der Waals surface area contributed by atoms with Crippen LogP contribution in [0.3, 0.4) is 0 Å². The number of nitrogens with zero attached hydrogens (tertiary/aromatic N) is 1. The maximum atomic E-state index is 12.2. The molecule has 0 heterocycles. The number of hydrazone groups is 1. The second-order valence-corrected chi connectivity index (χ2v) is 8.01. The SMILES string of the molecule is COc1cc(/C=N/NS(=O)(=O)c2ccccc2)ccc1OCc1ccc(C)cc1. The fourth-order valence-corrected chi connectivity index (χ4v) is 3.36. The lowest BCUT2D eigenvalue weighted by molar-refractivity contribution is 0.284. The van der Waals surface area contributed by atoms with E-state index in [4.69, 9.17) is 9.47 Å². The third-order valence-corrected chi connectivity index (χ3v) is 5.38. The fraction of sp³-hybridized carbons (Fsp3) is 0.136. The maximum absolute atomic E-state index is 12.2. The Labute approximate surface area is 170 Å². The first-order valence-corrected chi connectivity index (χ1v) is 10.4. The smallest absolute Gasteiger partial charge is 0.276 e. The van der Waals surface area contributed by atoms with E-state index in [-0.39, 0.29) is 4.90 Å². The van der Waals surface area contributed by atoms with Crippen molar-refractivity contribution in [3.8, 4) is 11.5 Å². The third kappa shape index (κ3) is 5.58. The zero-order chi connectivity index (χ0) is 20.7. The van der Waals surface area contributed by atoms with Crippen LogP contribution in [0.15, 0.2) is 82.8 Å². The largest absolute Gasteiger partial charge is 0.493 e. The molecule has 3 rings (SSSR count). The molecule has 0 bridgehead atoms. The number of nitrogens with one attached hydrogen (secondary N) is 1. The summed E-state index contributed by atoms with van der Waals surface area (Å²) >= 11 is 0. The van der Waals surface area contributed by atoms with Gasteiger partial charge >= 0.3 is 0 Å². The quantitative estimate of drug-likeness (QED) is 0.451. The first kappa shape index (κ1) is 20.4. The summed E-state index contributed by atoms with van der Waals surface area (Å²) in [4.78, 5) is 2.34. The summed E-state index contributed by atoms with van der Waals surface area (Å²) in [6.07, 6.45) is 1.41. The molecule has 0 saturated carbocycles. The molecule has 6 nitrogen and oxygen atoms in total. The van der Waals surface area contributed by atoms with E-state index in [0.29, 0.717) is 23.7 Å². The van der Waals surface area contributed by atoms with Crippen LogP contribution >= 0.6 is 0 Å². The van der Waals surface area contributed by atoms with Crippen LogP contribution < -0.4 is 14.3 Å². The van der Waals surface area contributed by atoms with Gasteiger partial charge in [0.15, 0.2) is 11.5 Å².